The third-order valence-corrected chi connectivity index (χ3v) is 6.61. The molecule has 2 rings (SSSR count). The van der Waals surface area contributed by atoms with E-state index in [2.05, 4.69) is 5.32 Å². The van der Waals surface area contributed by atoms with Gasteiger partial charge in [-0.2, -0.15) is 4.31 Å². The lowest BCUT2D eigenvalue weighted by molar-refractivity contribution is -0.115. The Kier molecular flexibility index (Phi) is 7.64. The Bertz CT molecular complexity index is 954. The highest BCUT2D eigenvalue weighted by Crippen LogP contribution is 2.29. The van der Waals surface area contributed by atoms with Crippen LogP contribution in [0.25, 0.3) is 0 Å². The Morgan fingerprint density at radius 1 is 1.07 bits per heavy atom. The number of carbonyl (C=O) groups excluding carboxylic acids is 1. The van der Waals surface area contributed by atoms with Crippen LogP contribution in [0.4, 0.5) is 11.4 Å². The summed E-state index contributed by atoms with van der Waals surface area (Å²) in [7, 11) is 1.63. The van der Waals surface area contributed by atoms with Crippen molar-refractivity contribution in [3.63, 3.8) is 0 Å². The van der Waals surface area contributed by atoms with Gasteiger partial charge in [0.15, 0.2) is 0 Å². The van der Waals surface area contributed by atoms with E-state index in [1.165, 1.54) is 10.4 Å². The molecule has 7 nitrogen and oxygen atoms in total. The lowest BCUT2D eigenvalue weighted by Crippen LogP contribution is -2.30. The van der Waals surface area contributed by atoms with Crippen LogP contribution in [0.2, 0.25) is 0 Å². The highest BCUT2D eigenvalue weighted by atomic mass is 32.2. The van der Waals surface area contributed by atoms with Crippen LogP contribution in [0.3, 0.4) is 0 Å². The van der Waals surface area contributed by atoms with Gasteiger partial charge in [0.2, 0.25) is 15.9 Å². The van der Waals surface area contributed by atoms with Crippen LogP contribution in [0.1, 0.15) is 19.4 Å². The molecule has 158 valence electrons. The molecule has 0 saturated carbocycles. The van der Waals surface area contributed by atoms with Crippen molar-refractivity contribution in [1.82, 2.24) is 4.31 Å². The van der Waals surface area contributed by atoms with Crippen molar-refractivity contribution in [2.24, 2.45) is 0 Å². The second-order valence-corrected chi connectivity index (χ2v) is 8.68. The van der Waals surface area contributed by atoms with Crippen molar-refractivity contribution in [3.8, 4) is 5.75 Å². The molecule has 0 fully saturated rings. The van der Waals surface area contributed by atoms with Crippen molar-refractivity contribution in [2.45, 2.75) is 25.2 Å². The minimum atomic E-state index is -3.62. The first-order valence-electron chi connectivity index (χ1n) is 9.47. The molecular weight excluding hydrogens is 390 g/mol. The largest absolute Gasteiger partial charge is 0.497 e. The molecule has 0 bridgehead atoms. The Hall–Kier alpha value is -2.58. The molecule has 8 heteroatoms. The summed E-state index contributed by atoms with van der Waals surface area (Å²) in [6, 6.07) is 12.1. The van der Waals surface area contributed by atoms with Crippen LogP contribution >= 0.6 is 0 Å². The summed E-state index contributed by atoms with van der Waals surface area (Å²) >= 11 is 0. The second-order valence-electron chi connectivity index (χ2n) is 6.74. The van der Waals surface area contributed by atoms with Gasteiger partial charge in [-0.25, -0.2) is 8.42 Å². The fraction of sp³-hybridized carbons (Fsp3) is 0.381. The quantitative estimate of drug-likeness (QED) is 0.676. The van der Waals surface area contributed by atoms with Gasteiger partial charge in [0.1, 0.15) is 5.75 Å². The number of hydrogen-bond acceptors (Lipinski definition) is 5. The number of hydrogen-bond donors (Lipinski definition) is 1. The number of ether oxygens (including phenoxy) is 1. The van der Waals surface area contributed by atoms with Crippen LogP contribution in [-0.4, -0.2) is 52.9 Å². The maximum atomic E-state index is 12.9. The van der Waals surface area contributed by atoms with Crippen LogP contribution in [0.15, 0.2) is 47.4 Å². The molecule has 0 heterocycles. The number of carbonyl (C=O) groups is 1. The molecule has 0 unspecified atom stereocenters. The van der Waals surface area contributed by atoms with Crippen LogP contribution in [-0.2, 0) is 21.2 Å². The van der Waals surface area contributed by atoms with E-state index >= 15 is 0 Å². The van der Waals surface area contributed by atoms with E-state index in [9.17, 15) is 13.2 Å². The zero-order chi connectivity index (χ0) is 21.6. The van der Waals surface area contributed by atoms with Gasteiger partial charge < -0.3 is 15.0 Å². The Balaban J connectivity index is 2.33. The molecular formula is C21H29N3O4S. The molecule has 2 aromatic rings. The number of nitrogens with zero attached hydrogens (tertiary/aromatic N) is 2. The topological polar surface area (TPSA) is 79.0 Å². The van der Waals surface area contributed by atoms with E-state index in [-0.39, 0.29) is 17.2 Å². The fourth-order valence-electron chi connectivity index (χ4n) is 3.04. The van der Waals surface area contributed by atoms with Gasteiger partial charge in [-0.1, -0.05) is 26.0 Å². The van der Waals surface area contributed by atoms with E-state index in [4.69, 9.17) is 4.74 Å². The number of methoxy groups -OCH3 is 1. The maximum absolute atomic E-state index is 12.9. The van der Waals surface area contributed by atoms with Crippen molar-refractivity contribution < 1.29 is 17.9 Å². The van der Waals surface area contributed by atoms with Crippen molar-refractivity contribution in [3.05, 3.63) is 48.0 Å². The maximum Gasteiger partial charge on any atom is 0.243 e. The van der Waals surface area contributed by atoms with E-state index in [1.807, 2.05) is 37.2 Å². The molecule has 0 aliphatic rings. The number of benzene rings is 2. The number of amides is 1. The van der Waals surface area contributed by atoms with Gasteiger partial charge in [0, 0.05) is 27.2 Å². The molecule has 29 heavy (non-hydrogen) atoms. The van der Waals surface area contributed by atoms with E-state index in [0.717, 1.165) is 11.3 Å². The van der Waals surface area contributed by atoms with Crippen LogP contribution < -0.4 is 15.0 Å². The smallest absolute Gasteiger partial charge is 0.243 e. The second kappa shape index (κ2) is 9.76. The first-order valence-corrected chi connectivity index (χ1v) is 10.9. The van der Waals surface area contributed by atoms with Gasteiger partial charge in [0.05, 0.1) is 29.8 Å². The Labute approximate surface area is 173 Å². The zero-order valence-electron chi connectivity index (χ0n) is 17.6. The molecule has 0 aliphatic heterocycles. The average Bonchev–Trinajstić information content (AvgIpc) is 2.68. The molecule has 0 aliphatic carbocycles. The molecule has 1 amide bonds. The fourth-order valence-corrected chi connectivity index (χ4v) is 4.53. The summed E-state index contributed by atoms with van der Waals surface area (Å²) < 4.78 is 32.3. The van der Waals surface area contributed by atoms with E-state index in [1.54, 1.807) is 39.2 Å². The first kappa shape index (κ1) is 22.7. The van der Waals surface area contributed by atoms with Crippen LogP contribution in [0.5, 0.6) is 5.75 Å². The Morgan fingerprint density at radius 3 is 2.34 bits per heavy atom. The normalized spacial score (nSPS) is 11.4. The predicted molar refractivity (Wildman–Crippen MR) is 116 cm³/mol. The first-order chi connectivity index (χ1) is 13.7. The molecule has 0 aromatic heterocycles. The minimum absolute atomic E-state index is 0.150. The number of sulfonamides is 1. The lowest BCUT2D eigenvalue weighted by atomic mass is 10.1. The van der Waals surface area contributed by atoms with Gasteiger partial charge in [-0.3, -0.25) is 4.79 Å². The third kappa shape index (κ3) is 5.48. The number of rotatable bonds is 9. The van der Waals surface area contributed by atoms with Gasteiger partial charge in [-0.15, -0.1) is 0 Å². The highest BCUT2D eigenvalue weighted by Gasteiger charge is 2.23. The standard InChI is InChI=1S/C21H29N3O4S/c1-6-24(7-2)29(26,27)18-11-12-20(23(3)4)19(15-18)22-21(25)14-16-9-8-10-17(13-16)28-5/h8-13,15H,6-7,14H2,1-5H3,(H,22,25). The summed E-state index contributed by atoms with van der Waals surface area (Å²) in [5.41, 5.74) is 1.98. The molecule has 2 aromatic carbocycles. The van der Waals surface area contributed by atoms with Gasteiger partial charge in [-0.05, 0) is 35.9 Å². The molecule has 1 N–H and O–H groups in total. The number of anilines is 2. The minimum Gasteiger partial charge on any atom is -0.497 e. The van der Waals surface area contributed by atoms with E-state index < -0.39 is 10.0 Å². The average molecular weight is 420 g/mol. The lowest BCUT2D eigenvalue weighted by Gasteiger charge is -2.22. The third-order valence-electron chi connectivity index (χ3n) is 4.57. The van der Waals surface area contributed by atoms with Crippen molar-refractivity contribution in [2.75, 3.05) is 44.5 Å². The van der Waals surface area contributed by atoms with Gasteiger partial charge >= 0.3 is 0 Å². The Morgan fingerprint density at radius 2 is 1.76 bits per heavy atom. The molecule has 0 saturated heterocycles. The summed E-state index contributed by atoms with van der Waals surface area (Å²) in [6.07, 6.45) is 0.150. The monoisotopic (exact) mass is 419 g/mol. The molecule has 0 spiro atoms. The summed E-state index contributed by atoms with van der Waals surface area (Å²) in [5.74, 6) is 0.440. The van der Waals surface area contributed by atoms with Gasteiger partial charge in [0.25, 0.3) is 0 Å². The van der Waals surface area contributed by atoms with Crippen molar-refractivity contribution in [1.29, 1.82) is 0 Å². The van der Waals surface area contributed by atoms with Crippen LogP contribution in [0, 0.1) is 0 Å². The summed E-state index contributed by atoms with van der Waals surface area (Å²) in [4.78, 5) is 14.6. The molecule has 0 atom stereocenters. The van der Waals surface area contributed by atoms with Crippen molar-refractivity contribution >= 4 is 27.3 Å². The SMILES string of the molecule is CCN(CC)S(=O)(=O)c1ccc(N(C)C)c(NC(=O)Cc2cccc(OC)c2)c1. The summed E-state index contributed by atoms with van der Waals surface area (Å²) in [6.45, 7) is 4.36. The molecule has 0 radical (unpaired) electrons. The number of nitrogens with one attached hydrogen (secondary N) is 1. The predicted octanol–water partition coefficient (Wildman–Crippen LogP) is 2.97. The highest BCUT2D eigenvalue weighted by molar-refractivity contribution is 7.89. The van der Waals surface area contributed by atoms with E-state index in [0.29, 0.717) is 24.5 Å². The zero-order valence-corrected chi connectivity index (χ0v) is 18.4. The summed E-state index contributed by atoms with van der Waals surface area (Å²) in [5, 5.41) is 2.86.